The Morgan fingerprint density at radius 1 is 1.26 bits per heavy atom. The topological polar surface area (TPSA) is 58.2 Å². The largest absolute Gasteiger partial charge is 0.496 e. The molecule has 5 rings (SSSR count). The number of methoxy groups -OCH3 is 1. The molecule has 1 N–H and O–H groups in total. The summed E-state index contributed by atoms with van der Waals surface area (Å²) in [4.78, 5) is 22.8. The number of amides is 1. The van der Waals surface area contributed by atoms with Crippen LogP contribution in [0.2, 0.25) is 0 Å². The van der Waals surface area contributed by atoms with E-state index in [-0.39, 0.29) is 11.9 Å². The van der Waals surface area contributed by atoms with Gasteiger partial charge in [0.25, 0.3) is 5.91 Å². The molecule has 2 atom stereocenters. The minimum absolute atomic E-state index is 0.118. The molecular weight excluding hydrogens is 338 g/mol. The Bertz CT molecular complexity index is 995. The number of rotatable bonds is 2. The van der Waals surface area contributed by atoms with Gasteiger partial charge in [0.1, 0.15) is 5.75 Å². The Morgan fingerprint density at radius 2 is 2.19 bits per heavy atom. The lowest BCUT2D eigenvalue weighted by Crippen LogP contribution is -2.49. The third kappa shape index (κ3) is 2.60. The monoisotopic (exact) mass is 361 g/mol. The van der Waals surface area contributed by atoms with Crippen LogP contribution in [0, 0.1) is 0 Å². The van der Waals surface area contributed by atoms with Crippen molar-refractivity contribution in [3.8, 4) is 5.75 Å². The van der Waals surface area contributed by atoms with E-state index in [2.05, 4.69) is 27.0 Å². The quantitative estimate of drug-likeness (QED) is 0.753. The van der Waals surface area contributed by atoms with Crippen molar-refractivity contribution >= 4 is 16.9 Å². The van der Waals surface area contributed by atoms with Gasteiger partial charge in [0, 0.05) is 29.6 Å². The Balaban J connectivity index is 1.50. The Labute approximate surface area is 158 Å². The number of carbonyl (C=O) groups excluding carboxylic acids is 1. The number of aryl methyl sites for hydroxylation is 1. The number of imidazole rings is 1. The lowest BCUT2D eigenvalue weighted by Gasteiger charge is -2.45. The van der Waals surface area contributed by atoms with E-state index in [9.17, 15) is 4.79 Å². The highest BCUT2D eigenvalue weighted by atomic mass is 16.5. The summed E-state index contributed by atoms with van der Waals surface area (Å²) in [7, 11) is 1.74. The zero-order valence-electron chi connectivity index (χ0n) is 15.4. The fraction of sp³-hybridized carbons (Fsp3) is 0.364. The predicted molar refractivity (Wildman–Crippen MR) is 104 cm³/mol. The third-order valence-corrected chi connectivity index (χ3v) is 6.16. The number of hydrogen-bond acceptors (Lipinski definition) is 3. The number of benzene rings is 2. The number of ether oxygens (including phenoxy) is 1. The molecule has 2 aliphatic rings. The highest BCUT2D eigenvalue weighted by Crippen LogP contribution is 2.45. The van der Waals surface area contributed by atoms with Crippen LogP contribution in [-0.2, 0) is 6.42 Å². The Morgan fingerprint density at radius 3 is 3.07 bits per heavy atom. The summed E-state index contributed by atoms with van der Waals surface area (Å²) in [5.41, 5.74) is 5.21. The van der Waals surface area contributed by atoms with Crippen molar-refractivity contribution in [2.45, 2.75) is 37.6 Å². The maximum absolute atomic E-state index is 13.3. The van der Waals surface area contributed by atoms with Crippen molar-refractivity contribution in [2.75, 3.05) is 13.7 Å². The molecule has 0 saturated carbocycles. The summed E-state index contributed by atoms with van der Waals surface area (Å²) in [6, 6.07) is 12.3. The molecule has 1 saturated heterocycles. The number of carbonyl (C=O) groups is 1. The second kappa shape index (κ2) is 6.41. The second-order valence-electron chi connectivity index (χ2n) is 7.52. The van der Waals surface area contributed by atoms with E-state index in [1.807, 2.05) is 24.3 Å². The Hall–Kier alpha value is -2.82. The minimum atomic E-state index is 0.118. The van der Waals surface area contributed by atoms with Crippen LogP contribution in [0.25, 0.3) is 11.0 Å². The SMILES string of the molecule is COc1cccc2c1[C@@H]1CCCN(C(=O)c3ccc4[nH]cnc4c3)[C@H]1CC2. The summed E-state index contributed by atoms with van der Waals surface area (Å²) in [5, 5.41) is 0. The number of fused-ring (bicyclic) bond motifs is 4. The average Bonchev–Trinajstić information content (AvgIpc) is 3.20. The summed E-state index contributed by atoms with van der Waals surface area (Å²) in [6.07, 6.45) is 5.81. The lowest BCUT2D eigenvalue weighted by atomic mass is 9.73. The number of nitrogens with one attached hydrogen (secondary N) is 1. The van der Waals surface area contributed by atoms with E-state index in [1.54, 1.807) is 13.4 Å². The highest BCUT2D eigenvalue weighted by Gasteiger charge is 2.40. The van der Waals surface area contributed by atoms with E-state index >= 15 is 0 Å². The zero-order valence-corrected chi connectivity index (χ0v) is 15.4. The summed E-state index contributed by atoms with van der Waals surface area (Å²) >= 11 is 0. The molecule has 0 unspecified atom stereocenters. The summed E-state index contributed by atoms with van der Waals surface area (Å²) < 4.78 is 5.67. The van der Waals surface area contributed by atoms with Crippen LogP contribution in [0.4, 0.5) is 0 Å². The van der Waals surface area contributed by atoms with E-state index in [4.69, 9.17) is 4.74 Å². The van der Waals surface area contributed by atoms with Crippen molar-refractivity contribution in [1.29, 1.82) is 0 Å². The minimum Gasteiger partial charge on any atom is -0.496 e. The molecule has 2 aromatic carbocycles. The summed E-state index contributed by atoms with van der Waals surface area (Å²) in [6.45, 7) is 0.823. The van der Waals surface area contributed by atoms with E-state index in [1.165, 1.54) is 11.1 Å². The summed E-state index contributed by atoms with van der Waals surface area (Å²) in [5.74, 6) is 1.44. The number of hydrogen-bond donors (Lipinski definition) is 1. The van der Waals surface area contributed by atoms with Crippen molar-refractivity contribution in [1.82, 2.24) is 14.9 Å². The molecule has 0 spiro atoms. The first-order chi connectivity index (χ1) is 13.3. The standard InChI is InChI=1S/C22H23N3O2/c1-27-20-6-2-4-14-8-10-19-16(21(14)20)5-3-11-25(19)22(26)15-7-9-17-18(12-15)24-13-23-17/h2,4,6-7,9,12-13,16,19H,3,5,8,10-11H2,1H3,(H,23,24)/t16-,19+/m1/s1. The first-order valence-corrected chi connectivity index (χ1v) is 9.66. The van der Waals surface area contributed by atoms with Crippen molar-refractivity contribution in [2.24, 2.45) is 0 Å². The molecule has 1 aliphatic heterocycles. The smallest absolute Gasteiger partial charge is 0.254 e. The normalized spacial score (nSPS) is 21.6. The van der Waals surface area contributed by atoms with Crippen LogP contribution >= 0.6 is 0 Å². The predicted octanol–water partition coefficient (Wildman–Crippen LogP) is 3.91. The Kier molecular flexibility index (Phi) is 3.88. The van der Waals surface area contributed by atoms with Gasteiger partial charge < -0.3 is 14.6 Å². The van der Waals surface area contributed by atoms with Gasteiger partial charge >= 0.3 is 0 Å². The zero-order chi connectivity index (χ0) is 18.4. The van der Waals surface area contributed by atoms with Crippen molar-refractivity contribution in [3.05, 3.63) is 59.4 Å². The maximum atomic E-state index is 13.3. The average molecular weight is 361 g/mol. The van der Waals surface area contributed by atoms with Crippen molar-refractivity contribution < 1.29 is 9.53 Å². The molecule has 5 heteroatoms. The van der Waals surface area contributed by atoms with Gasteiger partial charge in [0.2, 0.25) is 0 Å². The van der Waals surface area contributed by atoms with Gasteiger partial charge in [0.15, 0.2) is 0 Å². The third-order valence-electron chi connectivity index (χ3n) is 6.16. The second-order valence-corrected chi connectivity index (χ2v) is 7.52. The number of likely N-dealkylation sites (tertiary alicyclic amines) is 1. The fourth-order valence-corrected chi connectivity index (χ4v) is 4.94. The highest BCUT2D eigenvalue weighted by molar-refractivity contribution is 5.97. The molecule has 1 fully saturated rings. The first kappa shape index (κ1) is 16.4. The van der Waals surface area contributed by atoms with E-state index in [0.29, 0.717) is 5.92 Å². The van der Waals surface area contributed by atoms with Crippen LogP contribution in [0.1, 0.15) is 46.7 Å². The van der Waals surface area contributed by atoms with Crippen LogP contribution in [0.5, 0.6) is 5.75 Å². The molecule has 1 amide bonds. The molecule has 1 aliphatic carbocycles. The van der Waals surface area contributed by atoms with Gasteiger partial charge in [-0.15, -0.1) is 0 Å². The fourth-order valence-electron chi connectivity index (χ4n) is 4.94. The molecule has 1 aromatic heterocycles. The van der Waals surface area contributed by atoms with Gasteiger partial charge in [0.05, 0.1) is 24.5 Å². The molecule has 27 heavy (non-hydrogen) atoms. The molecular formula is C22H23N3O2. The number of aromatic nitrogens is 2. The number of aromatic amines is 1. The van der Waals surface area contributed by atoms with Crippen molar-refractivity contribution in [3.63, 3.8) is 0 Å². The van der Waals surface area contributed by atoms with E-state index in [0.717, 1.165) is 54.6 Å². The molecule has 0 bridgehead atoms. The van der Waals surface area contributed by atoms with Gasteiger partial charge in [-0.05, 0) is 55.5 Å². The number of piperidine rings is 1. The van der Waals surface area contributed by atoms with Gasteiger partial charge in [-0.25, -0.2) is 4.98 Å². The van der Waals surface area contributed by atoms with Crippen LogP contribution < -0.4 is 4.74 Å². The van der Waals surface area contributed by atoms with Gasteiger partial charge in [-0.3, -0.25) is 4.79 Å². The lowest BCUT2D eigenvalue weighted by molar-refractivity contribution is 0.0544. The number of nitrogens with zero attached hydrogens (tertiary/aromatic N) is 2. The molecule has 3 aromatic rings. The maximum Gasteiger partial charge on any atom is 0.254 e. The molecule has 138 valence electrons. The van der Waals surface area contributed by atoms with Gasteiger partial charge in [-0.1, -0.05) is 12.1 Å². The van der Waals surface area contributed by atoms with Crippen LogP contribution in [-0.4, -0.2) is 40.5 Å². The van der Waals surface area contributed by atoms with Crippen LogP contribution in [0.15, 0.2) is 42.7 Å². The molecule has 5 nitrogen and oxygen atoms in total. The van der Waals surface area contributed by atoms with E-state index < -0.39 is 0 Å². The molecule has 0 radical (unpaired) electrons. The van der Waals surface area contributed by atoms with Gasteiger partial charge in [-0.2, -0.15) is 0 Å². The van der Waals surface area contributed by atoms with Crippen LogP contribution in [0.3, 0.4) is 0 Å². The first-order valence-electron chi connectivity index (χ1n) is 9.66. The molecule has 2 heterocycles. The number of H-pyrrole nitrogens is 1.